The third kappa shape index (κ3) is 7.59. The van der Waals surface area contributed by atoms with Gasteiger partial charge in [-0.3, -0.25) is 9.59 Å². The van der Waals surface area contributed by atoms with E-state index in [0.29, 0.717) is 26.2 Å². The monoisotopic (exact) mass is 500 g/mol. The van der Waals surface area contributed by atoms with Crippen molar-refractivity contribution in [3.8, 4) is 22.6 Å². The van der Waals surface area contributed by atoms with Crippen LogP contribution in [-0.2, 0) is 22.6 Å². The van der Waals surface area contributed by atoms with E-state index in [1.807, 2.05) is 18.2 Å². The average Bonchev–Trinajstić information content (AvgIpc) is 3.32. The summed E-state index contributed by atoms with van der Waals surface area (Å²) in [5, 5.41) is 5.81. The second-order valence-electron chi connectivity index (χ2n) is 9.57. The number of hydrogen-bond acceptors (Lipinski definition) is 4. The van der Waals surface area contributed by atoms with Gasteiger partial charge in [0.2, 0.25) is 11.8 Å². The molecule has 1 fully saturated rings. The van der Waals surface area contributed by atoms with Crippen LogP contribution in [0.1, 0.15) is 49.3 Å². The minimum Gasteiger partial charge on any atom is -0.491 e. The number of benzene rings is 3. The van der Waals surface area contributed by atoms with Gasteiger partial charge < -0.3 is 20.1 Å². The Morgan fingerprint density at radius 2 is 1.84 bits per heavy atom. The van der Waals surface area contributed by atoms with Crippen LogP contribution in [0.15, 0.2) is 66.7 Å². The molecule has 1 heterocycles. The SMILES string of the molecule is CC(=O)NCCCCc1ccc(OCc2cccc(-c3ccccc3)c2C)cc1OC[C@@H]1CCC(=O)N1. The van der Waals surface area contributed by atoms with E-state index in [-0.39, 0.29) is 17.9 Å². The van der Waals surface area contributed by atoms with Gasteiger partial charge in [0.25, 0.3) is 0 Å². The number of unbranched alkanes of at least 4 members (excludes halogenated alkanes) is 1. The minimum atomic E-state index is -0.00585. The molecule has 6 heteroatoms. The molecule has 1 aliphatic rings. The van der Waals surface area contributed by atoms with Gasteiger partial charge in [-0.15, -0.1) is 0 Å². The number of amides is 2. The highest BCUT2D eigenvalue weighted by molar-refractivity contribution is 5.78. The van der Waals surface area contributed by atoms with Crippen molar-refractivity contribution < 1.29 is 19.1 Å². The topological polar surface area (TPSA) is 76.7 Å². The van der Waals surface area contributed by atoms with Crippen molar-refractivity contribution in [3.63, 3.8) is 0 Å². The summed E-state index contributed by atoms with van der Waals surface area (Å²) >= 11 is 0. The van der Waals surface area contributed by atoms with Gasteiger partial charge in [-0.05, 0) is 66.5 Å². The lowest BCUT2D eigenvalue weighted by atomic mass is 9.97. The third-order valence-electron chi connectivity index (χ3n) is 6.74. The molecule has 2 amide bonds. The van der Waals surface area contributed by atoms with E-state index >= 15 is 0 Å². The normalized spacial score (nSPS) is 14.8. The molecule has 0 spiro atoms. The van der Waals surface area contributed by atoms with E-state index in [9.17, 15) is 9.59 Å². The van der Waals surface area contributed by atoms with E-state index in [0.717, 1.165) is 48.3 Å². The lowest BCUT2D eigenvalue weighted by molar-refractivity contribution is -0.120. The van der Waals surface area contributed by atoms with Crippen molar-refractivity contribution in [2.75, 3.05) is 13.2 Å². The largest absolute Gasteiger partial charge is 0.491 e. The first-order valence-corrected chi connectivity index (χ1v) is 13.1. The number of aryl methyl sites for hydroxylation is 1. The Labute approximate surface area is 219 Å². The van der Waals surface area contributed by atoms with Crippen LogP contribution in [0.4, 0.5) is 0 Å². The standard InChI is InChI=1S/C31H36N2O4/c1-22-26(12-8-13-29(22)24-9-4-3-5-10-24)20-36-28-16-14-25(11-6-7-18-32-23(2)34)30(19-28)37-21-27-15-17-31(35)33-27/h3-5,8-10,12-14,16,19,27H,6-7,11,15,17-18,20-21H2,1-2H3,(H,32,34)(H,33,35)/t27-/m0/s1. The van der Waals surface area contributed by atoms with Crippen molar-refractivity contribution in [2.45, 2.75) is 58.6 Å². The van der Waals surface area contributed by atoms with Crippen molar-refractivity contribution in [1.82, 2.24) is 10.6 Å². The molecule has 0 radical (unpaired) electrons. The molecular weight excluding hydrogens is 464 g/mol. The second kappa shape index (κ2) is 12.9. The van der Waals surface area contributed by atoms with Gasteiger partial charge in [0, 0.05) is 26.0 Å². The number of carbonyl (C=O) groups is 2. The van der Waals surface area contributed by atoms with Crippen LogP contribution in [0.25, 0.3) is 11.1 Å². The molecule has 1 atom stereocenters. The van der Waals surface area contributed by atoms with Gasteiger partial charge in [-0.25, -0.2) is 0 Å². The molecule has 4 rings (SSSR count). The summed E-state index contributed by atoms with van der Waals surface area (Å²) in [4.78, 5) is 22.7. The summed E-state index contributed by atoms with van der Waals surface area (Å²) in [5.74, 6) is 1.61. The Bertz CT molecular complexity index is 1210. The van der Waals surface area contributed by atoms with Crippen molar-refractivity contribution in [3.05, 3.63) is 83.4 Å². The molecule has 3 aromatic carbocycles. The van der Waals surface area contributed by atoms with Crippen LogP contribution < -0.4 is 20.1 Å². The summed E-state index contributed by atoms with van der Waals surface area (Å²) in [6.07, 6.45) is 4.01. The van der Waals surface area contributed by atoms with Crippen LogP contribution >= 0.6 is 0 Å². The van der Waals surface area contributed by atoms with Gasteiger partial charge in [0.1, 0.15) is 24.7 Å². The first-order chi connectivity index (χ1) is 18.0. The van der Waals surface area contributed by atoms with Crippen LogP contribution in [0, 0.1) is 6.92 Å². The van der Waals surface area contributed by atoms with Crippen LogP contribution in [0.5, 0.6) is 11.5 Å². The Morgan fingerprint density at radius 3 is 2.59 bits per heavy atom. The molecule has 37 heavy (non-hydrogen) atoms. The highest BCUT2D eigenvalue weighted by Gasteiger charge is 2.21. The summed E-state index contributed by atoms with van der Waals surface area (Å²) in [5.41, 5.74) is 5.84. The summed E-state index contributed by atoms with van der Waals surface area (Å²) in [7, 11) is 0. The lowest BCUT2D eigenvalue weighted by Gasteiger charge is -2.17. The van der Waals surface area contributed by atoms with E-state index in [1.54, 1.807) is 0 Å². The molecule has 1 saturated heterocycles. The highest BCUT2D eigenvalue weighted by Crippen LogP contribution is 2.29. The molecule has 0 saturated carbocycles. The number of rotatable bonds is 12. The molecule has 2 N–H and O–H groups in total. The van der Waals surface area contributed by atoms with Gasteiger partial charge >= 0.3 is 0 Å². The molecular formula is C31H36N2O4. The maximum atomic E-state index is 11.6. The Balaban J connectivity index is 1.43. The molecule has 6 nitrogen and oxygen atoms in total. The Kier molecular flexibility index (Phi) is 9.19. The fraction of sp³-hybridized carbons (Fsp3) is 0.355. The fourth-order valence-electron chi connectivity index (χ4n) is 4.59. The molecule has 0 unspecified atom stereocenters. The minimum absolute atomic E-state index is 0.00585. The van der Waals surface area contributed by atoms with Crippen LogP contribution in [0.2, 0.25) is 0 Å². The number of hydrogen-bond donors (Lipinski definition) is 2. The van der Waals surface area contributed by atoms with Gasteiger partial charge in [0.05, 0.1) is 6.04 Å². The zero-order chi connectivity index (χ0) is 26.0. The van der Waals surface area contributed by atoms with Gasteiger partial charge in [-0.2, -0.15) is 0 Å². The van der Waals surface area contributed by atoms with Crippen molar-refractivity contribution in [2.24, 2.45) is 0 Å². The number of ether oxygens (including phenoxy) is 2. The maximum Gasteiger partial charge on any atom is 0.220 e. The maximum absolute atomic E-state index is 11.6. The highest BCUT2D eigenvalue weighted by atomic mass is 16.5. The second-order valence-corrected chi connectivity index (χ2v) is 9.57. The molecule has 0 bridgehead atoms. The predicted octanol–water partition coefficient (Wildman–Crippen LogP) is 5.36. The Hall–Kier alpha value is -3.80. The molecule has 3 aromatic rings. The fourth-order valence-corrected chi connectivity index (χ4v) is 4.59. The van der Waals surface area contributed by atoms with Gasteiger partial charge in [-0.1, -0.05) is 54.6 Å². The third-order valence-corrected chi connectivity index (χ3v) is 6.74. The first kappa shape index (κ1) is 26.3. The first-order valence-electron chi connectivity index (χ1n) is 13.1. The van der Waals surface area contributed by atoms with Crippen LogP contribution in [0.3, 0.4) is 0 Å². The molecule has 1 aliphatic heterocycles. The van der Waals surface area contributed by atoms with E-state index < -0.39 is 0 Å². The number of carbonyl (C=O) groups excluding carboxylic acids is 2. The smallest absolute Gasteiger partial charge is 0.220 e. The molecule has 194 valence electrons. The Morgan fingerprint density at radius 1 is 1.00 bits per heavy atom. The summed E-state index contributed by atoms with van der Waals surface area (Å²) in [6, 6.07) is 22.7. The van der Waals surface area contributed by atoms with Crippen molar-refractivity contribution in [1.29, 1.82) is 0 Å². The average molecular weight is 501 g/mol. The summed E-state index contributed by atoms with van der Waals surface area (Å²) < 4.78 is 12.4. The van der Waals surface area contributed by atoms with E-state index in [1.165, 1.54) is 23.6 Å². The van der Waals surface area contributed by atoms with Crippen LogP contribution in [-0.4, -0.2) is 31.0 Å². The zero-order valence-electron chi connectivity index (χ0n) is 21.7. The van der Waals surface area contributed by atoms with E-state index in [4.69, 9.17) is 9.47 Å². The van der Waals surface area contributed by atoms with E-state index in [2.05, 4.69) is 66.1 Å². The predicted molar refractivity (Wildman–Crippen MR) is 146 cm³/mol. The molecule has 0 aliphatic carbocycles. The lowest BCUT2D eigenvalue weighted by Crippen LogP contribution is -2.31. The van der Waals surface area contributed by atoms with Gasteiger partial charge in [0.15, 0.2) is 0 Å². The van der Waals surface area contributed by atoms with Crippen molar-refractivity contribution >= 4 is 11.8 Å². The number of nitrogens with one attached hydrogen (secondary N) is 2. The summed E-state index contributed by atoms with van der Waals surface area (Å²) in [6.45, 7) is 5.23. The zero-order valence-corrected chi connectivity index (χ0v) is 21.7. The quantitative estimate of drug-likeness (QED) is 0.329. The molecule has 0 aromatic heterocycles.